The molecule has 0 aliphatic heterocycles. The molecule has 4 aliphatic rings. The maximum atomic E-state index is 12.6. The van der Waals surface area contributed by atoms with Crippen LogP contribution in [0.1, 0.15) is 50.5 Å². The van der Waals surface area contributed by atoms with Gasteiger partial charge in [-0.05, 0) is 61.8 Å². The summed E-state index contributed by atoms with van der Waals surface area (Å²) < 4.78 is 5.24. The molecule has 0 radical (unpaired) electrons. The number of amides is 1. The van der Waals surface area contributed by atoms with Gasteiger partial charge in [0.2, 0.25) is 5.91 Å². The van der Waals surface area contributed by atoms with Gasteiger partial charge in [-0.2, -0.15) is 0 Å². The van der Waals surface area contributed by atoms with E-state index in [4.69, 9.17) is 10.5 Å². The second-order valence-electron chi connectivity index (χ2n) is 8.64. The van der Waals surface area contributed by atoms with Crippen LogP contribution in [0, 0.1) is 17.8 Å². The molecule has 0 saturated heterocycles. The predicted octanol–water partition coefficient (Wildman–Crippen LogP) is 2.53. The van der Waals surface area contributed by atoms with Crippen LogP contribution in [0.4, 0.5) is 0 Å². The van der Waals surface area contributed by atoms with Gasteiger partial charge in [-0.15, -0.1) is 0 Å². The Morgan fingerprint density at radius 1 is 1.08 bits per heavy atom. The molecule has 4 bridgehead atoms. The maximum absolute atomic E-state index is 12.6. The van der Waals surface area contributed by atoms with Crippen LogP contribution >= 0.6 is 0 Å². The molecule has 1 aromatic carbocycles. The Hall–Kier alpha value is -1.88. The summed E-state index contributed by atoms with van der Waals surface area (Å²) in [6, 6.07) is 8.66. The second kappa shape index (κ2) is 7.03. The summed E-state index contributed by atoms with van der Waals surface area (Å²) in [4.78, 5) is 24.6. The van der Waals surface area contributed by atoms with Crippen molar-refractivity contribution in [1.29, 1.82) is 0 Å². The van der Waals surface area contributed by atoms with Gasteiger partial charge in [0.25, 0.3) is 0 Å². The minimum Gasteiger partial charge on any atom is -0.461 e. The number of ether oxygens (including phenoxy) is 1. The highest BCUT2D eigenvalue weighted by atomic mass is 16.5. The zero-order chi connectivity index (χ0) is 18.1. The van der Waals surface area contributed by atoms with Crippen LogP contribution in [-0.4, -0.2) is 23.5 Å². The van der Waals surface area contributed by atoms with E-state index < -0.39 is 12.0 Å². The molecule has 26 heavy (non-hydrogen) atoms. The van der Waals surface area contributed by atoms with E-state index in [1.54, 1.807) is 0 Å². The number of hydrogen-bond donors (Lipinski definition) is 2. The summed E-state index contributed by atoms with van der Waals surface area (Å²) in [7, 11) is 0. The molecule has 5 heteroatoms. The Bertz CT molecular complexity index is 638. The van der Waals surface area contributed by atoms with Crippen molar-refractivity contribution in [2.75, 3.05) is 0 Å². The smallest absolute Gasteiger partial charge is 0.308 e. The van der Waals surface area contributed by atoms with Crippen LogP contribution in [0.5, 0.6) is 0 Å². The summed E-state index contributed by atoms with van der Waals surface area (Å²) in [6.07, 6.45) is 7.14. The van der Waals surface area contributed by atoms with Crippen LogP contribution in [0.15, 0.2) is 30.3 Å². The number of hydrogen-bond acceptors (Lipinski definition) is 4. The first-order valence-corrected chi connectivity index (χ1v) is 9.78. The Labute approximate surface area is 154 Å². The molecule has 4 saturated carbocycles. The number of rotatable bonds is 6. The lowest BCUT2D eigenvalue weighted by molar-refractivity contribution is -0.147. The Balaban J connectivity index is 1.27. The van der Waals surface area contributed by atoms with E-state index in [2.05, 4.69) is 5.32 Å². The van der Waals surface area contributed by atoms with Crippen molar-refractivity contribution >= 4 is 11.9 Å². The zero-order valence-corrected chi connectivity index (χ0v) is 15.2. The topological polar surface area (TPSA) is 81.4 Å². The third kappa shape index (κ3) is 3.78. The van der Waals surface area contributed by atoms with E-state index in [1.165, 1.54) is 19.3 Å². The van der Waals surface area contributed by atoms with Crippen LogP contribution in [0.2, 0.25) is 0 Å². The molecular weight excluding hydrogens is 328 g/mol. The van der Waals surface area contributed by atoms with Crippen LogP contribution in [-0.2, 0) is 20.9 Å². The van der Waals surface area contributed by atoms with E-state index >= 15 is 0 Å². The highest BCUT2D eigenvalue weighted by Crippen LogP contribution is 2.55. The fourth-order valence-electron chi connectivity index (χ4n) is 5.69. The van der Waals surface area contributed by atoms with E-state index in [0.717, 1.165) is 42.6 Å². The van der Waals surface area contributed by atoms with Gasteiger partial charge in [-0.25, -0.2) is 0 Å². The summed E-state index contributed by atoms with van der Waals surface area (Å²) in [5.74, 6) is 1.64. The third-order valence-electron chi connectivity index (χ3n) is 6.39. The van der Waals surface area contributed by atoms with Gasteiger partial charge >= 0.3 is 5.97 Å². The number of carbonyl (C=O) groups is 2. The molecule has 1 aromatic rings. The number of carbonyl (C=O) groups excluding carboxylic acids is 2. The van der Waals surface area contributed by atoms with E-state index in [0.29, 0.717) is 0 Å². The molecule has 4 aliphatic carbocycles. The van der Waals surface area contributed by atoms with Gasteiger partial charge in [0.05, 0.1) is 12.5 Å². The number of benzene rings is 1. The minimum absolute atomic E-state index is 0.0720. The van der Waals surface area contributed by atoms with Gasteiger partial charge in [-0.3, -0.25) is 9.59 Å². The van der Waals surface area contributed by atoms with Crippen molar-refractivity contribution in [3.8, 4) is 0 Å². The Morgan fingerprint density at radius 2 is 1.65 bits per heavy atom. The first-order valence-electron chi connectivity index (χ1n) is 9.78. The summed E-state index contributed by atoms with van der Waals surface area (Å²) in [5, 5.41) is 3.23. The number of nitrogens with two attached hydrogens (primary N) is 1. The van der Waals surface area contributed by atoms with Crippen molar-refractivity contribution in [2.45, 2.75) is 63.1 Å². The molecule has 0 aromatic heterocycles. The maximum Gasteiger partial charge on any atom is 0.308 e. The van der Waals surface area contributed by atoms with Crippen molar-refractivity contribution in [3.63, 3.8) is 0 Å². The molecule has 1 atom stereocenters. The lowest BCUT2D eigenvalue weighted by atomic mass is 9.53. The van der Waals surface area contributed by atoms with Crippen molar-refractivity contribution < 1.29 is 14.3 Å². The summed E-state index contributed by atoms with van der Waals surface area (Å²) >= 11 is 0. The molecule has 0 unspecified atom stereocenters. The monoisotopic (exact) mass is 356 g/mol. The molecule has 5 rings (SSSR count). The van der Waals surface area contributed by atoms with E-state index in [-0.39, 0.29) is 24.5 Å². The van der Waals surface area contributed by atoms with Crippen LogP contribution < -0.4 is 11.1 Å². The fraction of sp³-hybridized carbons (Fsp3) is 0.619. The van der Waals surface area contributed by atoms with Gasteiger partial charge in [-0.1, -0.05) is 30.3 Å². The molecule has 3 N–H and O–H groups in total. The SMILES string of the molecule is N[C@@H](CC(=O)OCc1ccccc1)C(=O)NC12CC3CC(CC(C3)C1)C2. The normalized spacial score (nSPS) is 32.9. The first kappa shape index (κ1) is 17.5. The highest BCUT2D eigenvalue weighted by molar-refractivity contribution is 5.87. The average Bonchev–Trinajstić information content (AvgIpc) is 2.59. The molecule has 5 nitrogen and oxygen atoms in total. The molecule has 0 spiro atoms. The van der Waals surface area contributed by atoms with Crippen LogP contribution in [0.25, 0.3) is 0 Å². The third-order valence-corrected chi connectivity index (χ3v) is 6.39. The first-order chi connectivity index (χ1) is 12.5. The average molecular weight is 356 g/mol. The summed E-state index contributed by atoms with van der Waals surface area (Å²) in [6.45, 7) is 0.211. The minimum atomic E-state index is -0.841. The highest BCUT2D eigenvalue weighted by Gasteiger charge is 2.51. The van der Waals surface area contributed by atoms with E-state index in [1.807, 2.05) is 30.3 Å². The van der Waals surface area contributed by atoms with Gasteiger partial charge in [0.1, 0.15) is 6.61 Å². The summed E-state index contributed by atoms with van der Waals surface area (Å²) in [5.41, 5.74) is 6.86. The predicted molar refractivity (Wildman–Crippen MR) is 97.9 cm³/mol. The van der Waals surface area contributed by atoms with Gasteiger partial charge in [0, 0.05) is 5.54 Å². The molecule has 4 fully saturated rings. The second-order valence-corrected chi connectivity index (χ2v) is 8.64. The fourth-order valence-corrected chi connectivity index (χ4v) is 5.69. The largest absolute Gasteiger partial charge is 0.461 e. The molecule has 1 amide bonds. The Morgan fingerprint density at radius 3 is 2.23 bits per heavy atom. The number of nitrogens with one attached hydrogen (secondary N) is 1. The molecule has 140 valence electrons. The lowest BCUT2D eigenvalue weighted by Gasteiger charge is -2.57. The Kier molecular flexibility index (Phi) is 4.74. The van der Waals surface area contributed by atoms with Gasteiger partial charge in [0.15, 0.2) is 0 Å². The number of esters is 1. The zero-order valence-electron chi connectivity index (χ0n) is 15.2. The quantitative estimate of drug-likeness (QED) is 0.768. The van der Waals surface area contributed by atoms with Crippen molar-refractivity contribution in [3.05, 3.63) is 35.9 Å². The van der Waals surface area contributed by atoms with Gasteiger partial charge < -0.3 is 15.8 Å². The van der Waals surface area contributed by atoms with Crippen molar-refractivity contribution in [2.24, 2.45) is 23.5 Å². The lowest BCUT2D eigenvalue weighted by Crippen LogP contribution is -2.62. The van der Waals surface area contributed by atoms with Crippen molar-refractivity contribution in [1.82, 2.24) is 5.32 Å². The van der Waals surface area contributed by atoms with Crippen LogP contribution in [0.3, 0.4) is 0 Å². The van der Waals surface area contributed by atoms with E-state index in [9.17, 15) is 9.59 Å². The molecular formula is C21H28N2O3. The standard InChI is InChI=1S/C21H28N2O3/c22-18(9-19(24)26-13-14-4-2-1-3-5-14)20(25)23-21-10-15-6-16(11-21)8-17(7-15)12-21/h1-5,15-18H,6-13,22H2,(H,23,25)/t15?,16?,17?,18-,21?/m0/s1. The molecule has 0 heterocycles.